The molecule has 2 amide bonds. The Morgan fingerprint density at radius 3 is 2.48 bits per heavy atom. The number of Topliss-reactive ketones (excluding diaryl/α,β-unsaturated/α-hetero) is 1. The van der Waals surface area contributed by atoms with Crippen molar-refractivity contribution >= 4 is 23.3 Å². The first-order valence-electron chi connectivity index (χ1n) is 10.1. The van der Waals surface area contributed by atoms with Crippen LogP contribution in [-0.4, -0.2) is 17.6 Å². The van der Waals surface area contributed by atoms with Crippen LogP contribution in [0, 0.1) is 5.92 Å². The zero-order chi connectivity index (χ0) is 20.4. The summed E-state index contributed by atoms with van der Waals surface area (Å²) in [6, 6.07) is 17.4. The van der Waals surface area contributed by atoms with Crippen LogP contribution in [0.15, 0.2) is 65.9 Å². The number of allylic oxidation sites excluding steroid dienone is 1. The van der Waals surface area contributed by atoms with Gasteiger partial charge in [0.15, 0.2) is 5.78 Å². The van der Waals surface area contributed by atoms with Gasteiger partial charge in [-0.3, -0.25) is 14.4 Å². The average Bonchev–Trinajstić information content (AvgIpc) is 2.73. The third kappa shape index (κ3) is 3.86. The van der Waals surface area contributed by atoms with Crippen LogP contribution in [0.2, 0.25) is 0 Å². The lowest BCUT2D eigenvalue weighted by Crippen LogP contribution is -2.43. The summed E-state index contributed by atoms with van der Waals surface area (Å²) in [5.41, 5.74) is 3.91. The molecule has 5 heteroatoms. The van der Waals surface area contributed by atoms with Gasteiger partial charge in [-0.15, -0.1) is 0 Å². The Bertz CT molecular complexity index is 994. The van der Waals surface area contributed by atoms with E-state index in [2.05, 4.69) is 10.6 Å². The topological polar surface area (TPSA) is 75.3 Å². The second kappa shape index (κ2) is 8.03. The van der Waals surface area contributed by atoms with Gasteiger partial charge < -0.3 is 10.6 Å². The minimum absolute atomic E-state index is 0.000697. The van der Waals surface area contributed by atoms with Crippen molar-refractivity contribution < 1.29 is 14.4 Å². The Balaban J connectivity index is 1.62. The fraction of sp³-hybridized carbons (Fsp3) is 0.292. The molecule has 0 saturated heterocycles. The molecule has 0 aromatic heterocycles. The lowest BCUT2D eigenvalue weighted by Gasteiger charge is -2.33. The first-order chi connectivity index (χ1) is 14.1. The fourth-order valence-corrected chi connectivity index (χ4v) is 4.32. The molecule has 0 unspecified atom stereocenters. The van der Waals surface area contributed by atoms with Gasteiger partial charge in [-0.25, -0.2) is 0 Å². The summed E-state index contributed by atoms with van der Waals surface area (Å²) in [5.74, 6) is -1.28. The van der Waals surface area contributed by atoms with E-state index in [4.69, 9.17) is 0 Å². The number of benzene rings is 2. The molecule has 0 saturated carbocycles. The molecule has 2 aromatic rings. The Kier molecular flexibility index (Phi) is 5.30. The van der Waals surface area contributed by atoms with Crippen molar-refractivity contribution in [1.29, 1.82) is 0 Å². The van der Waals surface area contributed by atoms with Gasteiger partial charge in [0, 0.05) is 29.8 Å². The van der Waals surface area contributed by atoms with E-state index in [1.165, 1.54) is 0 Å². The highest BCUT2D eigenvalue weighted by molar-refractivity contribution is 6.09. The third-order valence-corrected chi connectivity index (χ3v) is 5.78. The standard InChI is InChI=1S/C24H24N2O3/c1-2-15-8-6-7-11-19(15)26-24(29)18-14-22(28)25-20-12-17(13-21(27)23(18)20)16-9-4-3-5-10-16/h3-11,17-18H,2,12-14H2,1H3,(H,25,28)(H,26,29)/t17-,18-/m1/s1. The van der Waals surface area contributed by atoms with Gasteiger partial charge in [-0.2, -0.15) is 0 Å². The van der Waals surface area contributed by atoms with Gasteiger partial charge in [-0.05, 0) is 36.0 Å². The van der Waals surface area contributed by atoms with Crippen LogP contribution in [0.25, 0.3) is 0 Å². The minimum Gasteiger partial charge on any atom is -0.329 e. The maximum absolute atomic E-state index is 13.1. The zero-order valence-corrected chi connectivity index (χ0v) is 16.4. The first-order valence-corrected chi connectivity index (χ1v) is 10.1. The Labute approximate surface area is 170 Å². The molecule has 2 N–H and O–H groups in total. The molecule has 2 aromatic carbocycles. The molecule has 1 heterocycles. The summed E-state index contributed by atoms with van der Waals surface area (Å²) < 4.78 is 0. The predicted molar refractivity (Wildman–Crippen MR) is 111 cm³/mol. The number of anilines is 1. The molecule has 0 bridgehead atoms. The maximum Gasteiger partial charge on any atom is 0.232 e. The summed E-state index contributed by atoms with van der Waals surface area (Å²) in [4.78, 5) is 38.4. The number of carbonyl (C=O) groups excluding carboxylic acids is 3. The Morgan fingerprint density at radius 2 is 1.72 bits per heavy atom. The van der Waals surface area contributed by atoms with E-state index in [1.807, 2.05) is 61.5 Å². The predicted octanol–water partition coefficient (Wildman–Crippen LogP) is 3.72. The quantitative estimate of drug-likeness (QED) is 0.838. The Hall–Kier alpha value is -3.21. The molecule has 2 atom stereocenters. The normalized spacial score (nSPS) is 21.4. The molecule has 29 heavy (non-hydrogen) atoms. The number of ketones is 1. The van der Waals surface area contributed by atoms with Crippen LogP contribution < -0.4 is 10.6 Å². The van der Waals surface area contributed by atoms with Gasteiger partial charge in [-0.1, -0.05) is 55.5 Å². The molecule has 0 spiro atoms. The molecule has 0 fully saturated rings. The average molecular weight is 388 g/mol. The molecular weight excluding hydrogens is 364 g/mol. The number of carbonyl (C=O) groups is 3. The van der Waals surface area contributed by atoms with Crippen LogP contribution >= 0.6 is 0 Å². The second-order valence-corrected chi connectivity index (χ2v) is 7.64. The molecule has 4 rings (SSSR count). The van der Waals surface area contributed by atoms with Gasteiger partial charge >= 0.3 is 0 Å². The van der Waals surface area contributed by atoms with Crippen molar-refractivity contribution in [2.75, 3.05) is 5.32 Å². The smallest absolute Gasteiger partial charge is 0.232 e. The van der Waals surface area contributed by atoms with Crippen molar-refractivity contribution in [2.24, 2.45) is 5.92 Å². The summed E-state index contributed by atoms with van der Waals surface area (Å²) >= 11 is 0. The molecular formula is C24H24N2O3. The van der Waals surface area contributed by atoms with Gasteiger partial charge in [0.2, 0.25) is 11.8 Å². The van der Waals surface area contributed by atoms with E-state index in [0.29, 0.717) is 24.1 Å². The molecule has 1 aliphatic heterocycles. The van der Waals surface area contributed by atoms with Crippen LogP contribution in [-0.2, 0) is 20.8 Å². The monoisotopic (exact) mass is 388 g/mol. The summed E-state index contributed by atoms with van der Waals surface area (Å²) in [6.45, 7) is 2.02. The minimum atomic E-state index is -0.743. The number of amides is 2. The second-order valence-electron chi connectivity index (χ2n) is 7.64. The van der Waals surface area contributed by atoms with Gasteiger partial charge in [0.1, 0.15) is 0 Å². The van der Waals surface area contributed by atoms with Crippen LogP contribution in [0.3, 0.4) is 0 Å². The number of rotatable bonds is 4. The number of nitrogens with one attached hydrogen (secondary N) is 2. The fourth-order valence-electron chi connectivity index (χ4n) is 4.32. The highest BCUT2D eigenvalue weighted by Gasteiger charge is 2.40. The van der Waals surface area contributed by atoms with E-state index >= 15 is 0 Å². The lowest BCUT2D eigenvalue weighted by molar-refractivity contribution is -0.129. The summed E-state index contributed by atoms with van der Waals surface area (Å²) in [6.07, 6.45) is 1.70. The SMILES string of the molecule is CCc1ccccc1NC(=O)[C@@H]1CC(=O)NC2=C1C(=O)C[C@H](c1ccccc1)C2. The highest BCUT2D eigenvalue weighted by atomic mass is 16.2. The molecule has 5 nitrogen and oxygen atoms in total. The van der Waals surface area contributed by atoms with Crippen LogP contribution in [0.5, 0.6) is 0 Å². The van der Waals surface area contributed by atoms with Gasteiger partial charge in [0.05, 0.1) is 5.92 Å². The van der Waals surface area contributed by atoms with E-state index < -0.39 is 5.92 Å². The largest absolute Gasteiger partial charge is 0.329 e. The molecule has 2 aliphatic rings. The lowest BCUT2D eigenvalue weighted by atomic mass is 9.75. The van der Waals surface area contributed by atoms with E-state index in [9.17, 15) is 14.4 Å². The molecule has 148 valence electrons. The highest BCUT2D eigenvalue weighted by Crippen LogP contribution is 2.39. The molecule has 1 aliphatic carbocycles. The van der Waals surface area contributed by atoms with Crippen molar-refractivity contribution in [3.63, 3.8) is 0 Å². The maximum atomic E-state index is 13.1. The van der Waals surface area contributed by atoms with Crippen molar-refractivity contribution in [1.82, 2.24) is 5.32 Å². The number of aryl methyl sites for hydroxylation is 1. The third-order valence-electron chi connectivity index (χ3n) is 5.78. The number of para-hydroxylation sites is 1. The summed E-state index contributed by atoms with van der Waals surface area (Å²) in [7, 11) is 0. The number of hydrogen-bond donors (Lipinski definition) is 2. The van der Waals surface area contributed by atoms with Crippen LogP contribution in [0.1, 0.15) is 43.2 Å². The summed E-state index contributed by atoms with van der Waals surface area (Å²) in [5, 5.41) is 5.80. The van der Waals surface area contributed by atoms with E-state index in [1.54, 1.807) is 0 Å². The van der Waals surface area contributed by atoms with Gasteiger partial charge in [0.25, 0.3) is 0 Å². The van der Waals surface area contributed by atoms with E-state index in [0.717, 1.165) is 23.2 Å². The van der Waals surface area contributed by atoms with Crippen molar-refractivity contribution in [3.8, 4) is 0 Å². The van der Waals surface area contributed by atoms with Crippen molar-refractivity contribution in [3.05, 3.63) is 77.0 Å². The zero-order valence-electron chi connectivity index (χ0n) is 16.4. The first kappa shape index (κ1) is 19.1. The van der Waals surface area contributed by atoms with Crippen molar-refractivity contribution in [2.45, 2.75) is 38.5 Å². The number of hydrogen-bond acceptors (Lipinski definition) is 3. The van der Waals surface area contributed by atoms with Crippen LogP contribution in [0.4, 0.5) is 5.69 Å². The van der Waals surface area contributed by atoms with E-state index in [-0.39, 0.29) is 29.9 Å². The molecule has 0 radical (unpaired) electrons. The Morgan fingerprint density at radius 1 is 1.00 bits per heavy atom.